The first-order valence-electron chi connectivity index (χ1n) is 9.54. The SMILES string of the molecule is CCC1=C(c2ccc(OC)cc2)C(CC)N(c2ccc(OC)cc2)[C]=C1C. The monoisotopic (exact) mass is 362 g/mol. The standard InChI is InChI=1S/C24H28NO2/c1-6-22-17(3)16-25(19-10-14-21(27-5)15-11-19)23(7-2)24(22)18-8-12-20(26-4)13-9-18/h8-15,23H,6-7H2,1-5H3. The van der Waals surface area contributed by atoms with Crippen molar-refractivity contribution >= 4 is 11.3 Å². The third-order valence-electron chi connectivity index (χ3n) is 5.20. The first kappa shape index (κ1) is 19.1. The zero-order valence-corrected chi connectivity index (χ0v) is 16.9. The van der Waals surface area contributed by atoms with Crippen LogP contribution >= 0.6 is 0 Å². The minimum absolute atomic E-state index is 0.241. The molecule has 2 aromatic rings. The minimum atomic E-state index is 0.241. The summed E-state index contributed by atoms with van der Waals surface area (Å²) in [4.78, 5) is 2.27. The normalized spacial score (nSPS) is 17.0. The molecule has 2 aromatic carbocycles. The van der Waals surface area contributed by atoms with Gasteiger partial charge in [0, 0.05) is 5.69 Å². The zero-order chi connectivity index (χ0) is 19.4. The fourth-order valence-corrected chi connectivity index (χ4v) is 3.83. The Morgan fingerprint density at radius 3 is 1.93 bits per heavy atom. The van der Waals surface area contributed by atoms with Crippen molar-refractivity contribution in [3.63, 3.8) is 0 Å². The molecule has 1 unspecified atom stereocenters. The van der Waals surface area contributed by atoms with Crippen LogP contribution in [0.15, 0.2) is 59.7 Å². The summed E-state index contributed by atoms with van der Waals surface area (Å²) in [5.41, 5.74) is 6.34. The second kappa shape index (κ2) is 8.34. The number of methoxy groups -OCH3 is 2. The fraction of sp³-hybridized carbons (Fsp3) is 0.333. The molecule has 0 bridgehead atoms. The quantitative estimate of drug-likeness (QED) is 0.641. The van der Waals surface area contributed by atoms with Gasteiger partial charge >= 0.3 is 0 Å². The smallest absolute Gasteiger partial charge is 0.119 e. The van der Waals surface area contributed by atoms with Crippen molar-refractivity contribution in [2.24, 2.45) is 0 Å². The molecule has 0 spiro atoms. The predicted octanol–water partition coefficient (Wildman–Crippen LogP) is 5.87. The average molecular weight is 362 g/mol. The molecule has 0 saturated carbocycles. The molecule has 1 aliphatic heterocycles. The Morgan fingerprint density at radius 1 is 0.889 bits per heavy atom. The number of benzene rings is 2. The van der Waals surface area contributed by atoms with Gasteiger partial charge in [-0.15, -0.1) is 0 Å². The molecule has 1 heterocycles. The second-order valence-electron chi connectivity index (χ2n) is 6.70. The number of allylic oxidation sites excluding steroid dienone is 2. The maximum Gasteiger partial charge on any atom is 0.119 e. The van der Waals surface area contributed by atoms with Gasteiger partial charge in [-0.05, 0) is 78.4 Å². The van der Waals surface area contributed by atoms with Crippen LogP contribution in [0.1, 0.15) is 39.2 Å². The van der Waals surface area contributed by atoms with Gasteiger partial charge in [0.2, 0.25) is 0 Å². The highest BCUT2D eigenvalue weighted by Gasteiger charge is 2.29. The molecule has 1 radical (unpaired) electrons. The highest BCUT2D eigenvalue weighted by atomic mass is 16.5. The van der Waals surface area contributed by atoms with E-state index in [-0.39, 0.29) is 6.04 Å². The molecule has 27 heavy (non-hydrogen) atoms. The van der Waals surface area contributed by atoms with Crippen molar-refractivity contribution in [2.45, 2.75) is 39.7 Å². The zero-order valence-electron chi connectivity index (χ0n) is 16.9. The maximum absolute atomic E-state index is 5.34. The van der Waals surface area contributed by atoms with Crippen molar-refractivity contribution in [2.75, 3.05) is 19.1 Å². The molecule has 1 atom stereocenters. The highest BCUT2D eigenvalue weighted by Crippen LogP contribution is 2.39. The molecule has 0 aliphatic carbocycles. The van der Waals surface area contributed by atoms with Crippen molar-refractivity contribution in [1.82, 2.24) is 0 Å². The summed E-state index contributed by atoms with van der Waals surface area (Å²) in [6, 6.07) is 16.9. The van der Waals surface area contributed by atoms with E-state index >= 15 is 0 Å². The summed E-state index contributed by atoms with van der Waals surface area (Å²) in [6.45, 7) is 6.62. The molecular weight excluding hydrogens is 334 g/mol. The van der Waals surface area contributed by atoms with Crippen LogP contribution in [0.3, 0.4) is 0 Å². The second-order valence-corrected chi connectivity index (χ2v) is 6.70. The van der Waals surface area contributed by atoms with Gasteiger partial charge in [0.25, 0.3) is 0 Å². The van der Waals surface area contributed by atoms with Crippen LogP contribution in [0.5, 0.6) is 11.5 Å². The van der Waals surface area contributed by atoms with Crippen LogP contribution in [-0.4, -0.2) is 20.3 Å². The number of nitrogens with zero attached hydrogens (tertiary/aromatic N) is 1. The first-order chi connectivity index (χ1) is 13.1. The number of hydrogen-bond donors (Lipinski definition) is 0. The van der Waals surface area contributed by atoms with Crippen LogP contribution in [0.2, 0.25) is 0 Å². The topological polar surface area (TPSA) is 21.7 Å². The van der Waals surface area contributed by atoms with Crippen LogP contribution < -0.4 is 14.4 Å². The van der Waals surface area contributed by atoms with E-state index in [4.69, 9.17) is 9.47 Å². The van der Waals surface area contributed by atoms with E-state index in [1.54, 1.807) is 14.2 Å². The Hall–Kier alpha value is -2.68. The Balaban J connectivity index is 2.08. The van der Waals surface area contributed by atoms with Crippen molar-refractivity contribution in [3.8, 4) is 11.5 Å². The number of hydrogen-bond acceptors (Lipinski definition) is 3. The fourth-order valence-electron chi connectivity index (χ4n) is 3.83. The molecule has 1 aliphatic rings. The molecule has 0 fully saturated rings. The van der Waals surface area contributed by atoms with E-state index in [0.717, 1.165) is 30.0 Å². The third-order valence-corrected chi connectivity index (χ3v) is 5.20. The summed E-state index contributed by atoms with van der Waals surface area (Å²) < 4.78 is 10.7. The Morgan fingerprint density at radius 2 is 1.44 bits per heavy atom. The van der Waals surface area contributed by atoms with E-state index < -0.39 is 0 Å². The average Bonchev–Trinajstić information content (AvgIpc) is 2.73. The number of anilines is 1. The number of ether oxygens (including phenoxy) is 2. The molecule has 0 amide bonds. The van der Waals surface area contributed by atoms with E-state index in [1.807, 2.05) is 24.3 Å². The lowest BCUT2D eigenvalue weighted by molar-refractivity contribution is 0.414. The van der Waals surface area contributed by atoms with Crippen molar-refractivity contribution < 1.29 is 9.47 Å². The summed E-state index contributed by atoms with van der Waals surface area (Å²) in [6.07, 6.45) is 5.61. The molecule has 3 rings (SSSR count). The Bertz CT molecular complexity index is 832. The molecule has 0 N–H and O–H groups in total. The summed E-state index contributed by atoms with van der Waals surface area (Å²) in [5.74, 6) is 1.75. The predicted molar refractivity (Wildman–Crippen MR) is 112 cm³/mol. The van der Waals surface area contributed by atoms with Crippen LogP contribution in [0, 0.1) is 6.20 Å². The molecule has 0 aromatic heterocycles. The van der Waals surface area contributed by atoms with E-state index in [2.05, 4.69) is 56.1 Å². The molecule has 141 valence electrons. The lowest BCUT2D eigenvalue weighted by atomic mass is 9.84. The Labute approximate surface area is 162 Å². The number of rotatable bonds is 6. The summed E-state index contributed by atoms with van der Waals surface area (Å²) >= 11 is 0. The lowest BCUT2D eigenvalue weighted by Gasteiger charge is -2.37. The summed E-state index contributed by atoms with van der Waals surface area (Å²) in [7, 11) is 3.40. The molecule has 3 nitrogen and oxygen atoms in total. The lowest BCUT2D eigenvalue weighted by Crippen LogP contribution is -2.35. The van der Waals surface area contributed by atoms with E-state index in [0.29, 0.717) is 0 Å². The third kappa shape index (κ3) is 3.73. The maximum atomic E-state index is 5.34. The first-order valence-corrected chi connectivity index (χ1v) is 9.54. The molecule has 0 saturated heterocycles. The van der Waals surface area contributed by atoms with Gasteiger partial charge in [0.05, 0.1) is 26.5 Å². The van der Waals surface area contributed by atoms with E-state index in [1.165, 1.54) is 22.3 Å². The minimum Gasteiger partial charge on any atom is -0.497 e. The summed E-state index contributed by atoms with van der Waals surface area (Å²) in [5, 5.41) is 0. The highest BCUT2D eigenvalue weighted by molar-refractivity contribution is 5.81. The van der Waals surface area contributed by atoms with Gasteiger partial charge in [-0.2, -0.15) is 0 Å². The van der Waals surface area contributed by atoms with Gasteiger partial charge in [-0.25, -0.2) is 0 Å². The van der Waals surface area contributed by atoms with Crippen LogP contribution in [-0.2, 0) is 0 Å². The van der Waals surface area contributed by atoms with Gasteiger partial charge < -0.3 is 14.4 Å². The van der Waals surface area contributed by atoms with Gasteiger partial charge in [0.15, 0.2) is 0 Å². The van der Waals surface area contributed by atoms with Crippen LogP contribution in [0.4, 0.5) is 5.69 Å². The molecular formula is C24H28NO2. The molecule has 3 heteroatoms. The van der Waals surface area contributed by atoms with Crippen molar-refractivity contribution in [3.05, 3.63) is 71.4 Å². The van der Waals surface area contributed by atoms with Gasteiger partial charge in [-0.3, -0.25) is 0 Å². The van der Waals surface area contributed by atoms with Gasteiger partial charge in [0.1, 0.15) is 11.5 Å². The van der Waals surface area contributed by atoms with E-state index in [9.17, 15) is 0 Å². The van der Waals surface area contributed by atoms with Crippen LogP contribution in [0.25, 0.3) is 5.57 Å². The van der Waals surface area contributed by atoms with Gasteiger partial charge in [-0.1, -0.05) is 26.0 Å². The Kier molecular flexibility index (Phi) is 5.90. The largest absolute Gasteiger partial charge is 0.497 e. The van der Waals surface area contributed by atoms with Crippen molar-refractivity contribution in [1.29, 1.82) is 0 Å².